The molecule has 1 fully saturated rings. The minimum atomic E-state index is -3.72. The van der Waals surface area contributed by atoms with Gasteiger partial charge in [0.2, 0.25) is 10.0 Å². The predicted molar refractivity (Wildman–Crippen MR) is 144 cm³/mol. The number of rotatable bonds is 9. The molecule has 0 radical (unpaired) electrons. The van der Waals surface area contributed by atoms with Gasteiger partial charge in [-0.15, -0.1) is 0 Å². The molecule has 3 aromatic rings. The van der Waals surface area contributed by atoms with Gasteiger partial charge in [-0.05, 0) is 69.4 Å². The first kappa shape index (κ1) is 27.6. The molecule has 1 saturated heterocycles. The van der Waals surface area contributed by atoms with Gasteiger partial charge in [0.1, 0.15) is 5.82 Å². The van der Waals surface area contributed by atoms with Crippen LogP contribution in [0.25, 0.3) is 10.2 Å². The number of carbonyl (C=O) groups excluding carboxylic acids is 1. The number of fused-ring (bicyclic) bond motifs is 1. The lowest BCUT2D eigenvalue weighted by molar-refractivity contribution is -0.0440. The smallest absolute Gasteiger partial charge is 0.260 e. The highest BCUT2D eigenvalue weighted by atomic mass is 32.2. The molecule has 0 N–H and O–H groups in total. The SMILES string of the molecule is CCN(CC)CCN(C(=O)c1ccc(S(=O)(=O)N2C[C@H](C)O[C@@H](C)C2)cc1)c1nc2ccc(F)cc2s1. The van der Waals surface area contributed by atoms with Gasteiger partial charge in [-0.1, -0.05) is 25.2 Å². The predicted octanol–water partition coefficient (Wildman–Crippen LogP) is 4.22. The zero-order chi connectivity index (χ0) is 26.7. The molecular formula is C26H33FN4O4S2. The molecule has 1 aliphatic heterocycles. The van der Waals surface area contributed by atoms with Crippen LogP contribution in [0.5, 0.6) is 0 Å². The summed E-state index contributed by atoms with van der Waals surface area (Å²) >= 11 is 1.26. The van der Waals surface area contributed by atoms with Crippen LogP contribution in [0.3, 0.4) is 0 Å². The van der Waals surface area contributed by atoms with Gasteiger partial charge in [-0.2, -0.15) is 4.31 Å². The van der Waals surface area contributed by atoms with Crippen LogP contribution in [0.2, 0.25) is 0 Å². The second kappa shape index (κ2) is 11.5. The molecular weight excluding hydrogens is 515 g/mol. The van der Waals surface area contributed by atoms with Crippen molar-refractivity contribution in [1.82, 2.24) is 14.2 Å². The van der Waals surface area contributed by atoms with Gasteiger partial charge in [-0.3, -0.25) is 9.69 Å². The van der Waals surface area contributed by atoms with Gasteiger partial charge in [0, 0.05) is 31.7 Å². The average Bonchev–Trinajstić information content (AvgIpc) is 3.28. The minimum Gasteiger partial charge on any atom is -0.373 e. The second-order valence-electron chi connectivity index (χ2n) is 9.20. The van der Waals surface area contributed by atoms with E-state index in [1.165, 1.54) is 39.9 Å². The Morgan fingerprint density at radius 3 is 2.35 bits per heavy atom. The maximum Gasteiger partial charge on any atom is 0.260 e. The van der Waals surface area contributed by atoms with E-state index in [0.717, 1.165) is 13.1 Å². The Kier molecular flexibility index (Phi) is 8.59. The highest BCUT2D eigenvalue weighted by Crippen LogP contribution is 2.30. The summed E-state index contributed by atoms with van der Waals surface area (Å²) in [5, 5.41) is 0.478. The fraction of sp³-hybridized carbons (Fsp3) is 0.462. The number of morpholine rings is 1. The lowest BCUT2D eigenvalue weighted by Crippen LogP contribution is -2.48. The Morgan fingerprint density at radius 1 is 1.08 bits per heavy atom. The first-order chi connectivity index (χ1) is 17.6. The van der Waals surface area contributed by atoms with Crippen LogP contribution >= 0.6 is 11.3 Å². The van der Waals surface area contributed by atoms with E-state index in [0.29, 0.717) is 34.0 Å². The Labute approximate surface area is 221 Å². The molecule has 2 atom stereocenters. The normalized spacial score (nSPS) is 19.0. The Balaban J connectivity index is 1.61. The Morgan fingerprint density at radius 2 is 1.73 bits per heavy atom. The van der Waals surface area contributed by atoms with Crippen molar-refractivity contribution in [3.8, 4) is 0 Å². The lowest BCUT2D eigenvalue weighted by Gasteiger charge is -2.34. The Hall–Kier alpha value is -2.44. The molecule has 37 heavy (non-hydrogen) atoms. The second-order valence-corrected chi connectivity index (χ2v) is 12.1. The molecule has 1 aromatic heterocycles. The van der Waals surface area contributed by atoms with Crippen molar-refractivity contribution in [1.29, 1.82) is 0 Å². The zero-order valence-corrected chi connectivity index (χ0v) is 23.2. The molecule has 11 heteroatoms. The van der Waals surface area contributed by atoms with E-state index in [1.807, 2.05) is 13.8 Å². The number of hydrogen-bond acceptors (Lipinski definition) is 7. The Bertz CT molecular complexity index is 1330. The number of halogens is 1. The number of thiazole rings is 1. The number of ether oxygens (including phenoxy) is 1. The molecule has 1 aliphatic rings. The molecule has 0 unspecified atom stereocenters. The number of aromatic nitrogens is 1. The van der Waals surface area contributed by atoms with Crippen LogP contribution in [0.15, 0.2) is 47.4 Å². The van der Waals surface area contributed by atoms with E-state index in [1.54, 1.807) is 23.1 Å². The standard InChI is InChI=1S/C26H33FN4O4S2/c1-5-29(6-2)13-14-31(26-28-23-12-9-21(27)15-24(23)36-26)25(32)20-7-10-22(11-8-20)37(33,34)30-16-18(3)35-19(4)17-30/h7-12,15,18-19H,5-6,13-14,16-17H2,1-4H3/t18-,19-/m0/s1. The van der Waals surface area contributed by atoms with Crippen LogP contribution in [-0.4, -0.2) is 80.0 Å². The molecule has 2 aromatic carbocycles. The summed E-state index contributed by atoms with van der Waals surface area (Å²) < 4.78 is 47.9. The largest absolute Gasteiger partial charge is 0.373 e. The summed E-state index contributed by atoms with van der Waals surface area (Å²) in [6.07, 6.45) is -0.387. The number of sulfonamides is 1. The van der Waals surface area contributed by atoms with E-state index >= 15 is 0 Å². The van der Waals surface area contributed by atoms with Crippen LogP contribution in [0.1, 0.15) is 38.1 Å². The van der Waals surface area contributed by atoms with E-state index < -0.39 is 10.0 Å². The summed E-state index contributed by atoms with van der Waals surface area (Å²) in [7, 11) is -3.72. The van der Waals surface area contributed by atoms with Gasteiger partial charge in [0.15, 0.2) is 5.13 Å². The summed E-state index contributed by atoms with van der Waals surface area (Å²) in [6, 6.07) is 10.4. The van der Waals surface area contributed by atoms with Crippen molar-refractivity contribution in [3.63, 3.8) is 0 Å². The van der Waals surface area contributed by atoms with E-state index in [4.69, 9.17) is 4.74 Å². The van der Waals surface area contributed by atoms with Crippen molar-refractivity contribution in [2.75, 3.05) is 44.2 Å². The minimum absolute atomic E-state index is 0.135. The third kappa shape index (κ3) is 6.18. The molecule has 200 valence electrons. The lowest BCUT2D eigenvalue weighted by atomic mass is 10.2. The topological polar surface area (TPSA) is 83.1 Å². The number of amides is 1. The summed E-state index contributed by atoms with van der Waals surface area (Å²) in [5.41, 5.74) is 0.977. The van der Waals surface area contributed by atoms with Gasteiger partial charge < -0.3 is 9.64 Å². The number of hydrogen-bond donors (Lipinski definition) is 0. The highest BCUT2D eigenvalue weighted by Gasteiger charge is 2.32. The van der Waals surface area contributed by atoms with E-state index in [-0.39, 0.29) is 41.9 Å². The number of nitrogens with zero attached hydrogens (tertiary/aromatic N) is 4. The molecule has 2 heterocycles. The zero-order valence-electron chi connectivity index (χ0n) is 21.6. The van der Waals surface area contributed by atoms with Crippen LogP contribution < -0.4 is 4.90 Å². The quantitative estimate of drug-likeness (QED) is 0.398. The number of carbonyl (C=O) groups is 1. The van der Waals surface area contributed by atoms with E-state index in [2.05, 4.69) is 23.7 Å². The van der Waals surface area contributed by atoms with Gasteiger partial charge in [0.25, 0.3) is 5.91 Å². The number of benzene rings is 2. The molecule has 8 nitrogen and oxygen atoms in total. The van der Waals surface area contributed by atoms with Gasteiger partial charge >= 0.3 is 0 Å². The van der Waals surface area contributed by atoms with Crippen molar-refractivity contribution in [2.24, 2.45) is 0 Å². The first-order valence-corrected chi connectivity index (χ1v) is 14.7. The molecule has 1 amide bonds. The first-order valence-electron chi connectivity index (χ1n) is 12.5. The molecule has 0 aliphatic carbocycles. The van der Waals surface area contributed by atoms with Crippen molar-refractivity contribution in [3.05, 3.63) is 53.8 Å². The summed E-state index contributed by atoms with van der Waals surface area (Å²) in [5.74, 6) is -0.645. The molecule has 0 bridgehead atoms. The third-order valence-corrected chi connectivity index (χ3v) is 9.36. The van der Waals surface area contributed by atoms with Crippen LogP contribution in [0, 0.1) is 5.82 Å². The van der Waals surface area contributed by atoms with E-state index in [9.17, 15) is 17.6 Å². The average molecular weight is 549 g/mol. The highest BCUT2D eigenvalue weighted by molar-refractivity contribution is 7.89. The van der Waals surface area contributed by atoms with Crippen molar-refractivity contribution >= 4 is 42.6 Å². The number of anilines is 1. The van der Waals surface area contributed by atoms with Crippen molar-refractivity contribution < 1.29 is 22.3 Å². The monoisotopic (exact) mass is 548 g/mol. The van der Waals surface area contributed by atoms with Crippen molar-refractivity contribution in [2.45, 2.75) is 44.8 Å². The summed E-state index contributed by atoms with van der Waals surface area (Å²) in [4.78, 5) is 22.2. The van der Waals surface area contributed by atoms with Gasteiger partial charge in [-0.25, -0.2) is 17.8 Å². The fourth-order valence-corrected chi connectivity index (χ4v) is 7.07. The summed E-state index contributed by atoms with van der Waals surface area (Å²) in [6.45, 7) is 11.1. The van der Waals surface area contributed by atoms with Crippen LogP contribution in [-0.2, 0) is 14.8 Å². The van der Waals surface area contributed by atoms with Gasteiger partial charge in [0.05, 0.1) is 27.3 Å². The van der Waals surface area contributed by atoms with Crippen LogP contribution in [0.4, 0.5) is 9.52 Å². The molecule has 0 spiro atoms. The maximum absolute atomic E-state index is 13.8. The molecule has 0 saturated carbocycles. The molecule has 4 rings (SSSR count). The third-order valence-electron chi connectivity index (χ3n) is 6.47. The maximum atomic E-state index is 13.8. The number of likely N-dealkylation sites (N-methyl/N-ethyl adjacent to an activating group) is 1. The fourth-order valence-electron chi connectivity index (χ4n) is 4.47.